The molecule has 0 radical (unpaired) electrons. The van der Waals surface area contributed by atoms with Crippen molar-refractivity contribution in [2.24, 2.45) is 5.92 Å². The van der Waals surface area contributed by atoms with Crippen LogP contribution in [0.5, 0.6) is 0 Å². The first-order valence-electron chi connectivity index (χ1n) is 11.2. The molecule has 0 N–H and O–H groups in total. The molecule has 2 fully saturated rings. The summed E-state index contributed by atoms with van der Waals surface area (Å²) in [5.41, 5.74) is 2.35. The average Bonchev–Trinajstić information content (AvgIpc) is 3.03. The van der Waals surface area contributed by atoms with Gasteiger partial charge in [-0.15, -0.1) is 0 Å². The van der Waals surface area contributed by atoms with Gasteiger partial charge < -0.3 is 9.80 Å². The van der Waals surface area contributed by atoms with Gasteiger partial charge in [0.25, 0.3) is 0 Å². The number of likely N-dealkylation sites (N-methyl/N-ethyl adjacent to an activating group) is 1. The number of hydrogen-bond acceptors (Lipinski definition) is 4. The van der Waals surface area contributed by atoms with E-state index in [1.165, 1.54) is 18.5 Å². The number of piperazine rings is 1. The second-order valence-electron chi connectivity index (χ2n) is 8.79. The molecule has 158 valence electrons. The van der Waals surface area contributed by atoms with Gasteiger partial charge >= 0.3 is 0 Å². The first kappa shape index (κ1) is 21.3. The molecule has 0 saturated carbocycles. The summed E-state index contributed by atoms with van der Waals surface area (Å²) in [6, 6.07) is 2.66. The smallest absolute Gasteiger partial charge is 0.222 e. The van der Waals surface area contributed by atoms with Gasteiger partial charge in [0, 0.05) is 44.3 Å². The highest BCUT2D eigenvalue weighted by molar-refractivity contribution is 5.76. The Balaban J connectivity index is 1.36. The lowest BCUT2D eigenvalue weighted by Crippen LogP contribution is -2.48. The maximum absolute atomic E-state index is 12.5. The van der Waals surface area contributed by atoms with Crippen molar-refractivity contribution in [2.75, 3.05) is 45.8 Å². The summed E-state index contributed by atoms with van der Waals surface area (Å²) in [5.74, 6) is 1.08. The largest absolute Gasteiger partial charge is 0.340 e. The molecule has 1 aromatic heterocycles. The summed E-state index contributed by atoms with van der Waals surface area (Å²) in [7, 11) is 0. The molecule has 1 amide bonds. The van der Waals surface area contributed by atoms with E-state index in [9.17, 15) is 4.79 Å². The van der Waals surface area contributed by atoms with Gasteiger partial charge in [-0.25, -0.2) is 0 Å². The molecule has 1 atom stereocenters. The molecule has 0 aliphatic carbocycles. The van der Waals surface area contributed by atoms with Gasteiger partial charge in [0.05, 0.1) is 12.2 Å². The first-order chi connectivity index (χ1) is 13.5. The summed E-state index contributed by atoms with van der Waals surface area (Å²) in [5, 5.41) is 4.61. The van der Waals surface area contributed by atoms with Crippen LogP contribution in [0.25, 0.3) is 0 Å². The number of rotatable bonds is 7. The molecule has 0 aromatic carbocycles. The number of aryl methyl sites for hydroxylation is 2. The predicted molar refractivity (Wildman–Crippen MR) is 113 cm³/mol. The number of likely N-dealkylation sites (tertiary alicyclic amines) is 1. The monoisotopic (exact) mass is 389 g/mol. The lowest BCUT2D eigenvalue weighted by atomic mass is 9.91. The van der Waals surface area contributed by atoms with Gasteiger partial charge in [-0.05, 0) is 71.7 Å². The van der Waals surface area contributed by atoms with E-state index < -0.39 is 0 Å². The molecule has 0 unspecified atom stereocenters. The highest BCUT2D eigenvalue weighted by Crippen LogP contribution is 2.24. The van der Waals surface area contributed by atoms with Crippen molar-refractivity contribution < 1.29 is 4.79 Å². The molecule has 1 aromatic rings. The molecule has 0 spiro atoms. The Bertz CT molecular complexity index is 627. The van der Waals surface area contributed by atoms with Crippen molar-refractivity contribution >= 4 is 5.91 Å². The van der Waals surface area contributed by atoms with E-state index in [2.05, 4.69) is 58.2 Å². The molecule has 6 heteroatoms. The topological polar surface area (TPSA) is 44.6 Å². The van der Waals surface area contributed by atoms with Crippen molar-refractivity contribution in [1.82, 2.24) is 24.5 Å². The zero-order valence-corrected chi connectivity index (χ0v) is 18.4. The van der Waals surface area contributed by atoms with Gasteiger partial charge in [-0.2, -0.15) is 5.10 Å². The number of nitrogens with zero attached hydrogens (tertiary/aromatic N) is 5. The first-order valence-corrected chi connectivity index (χ1v) is 11.2. The normalized spacial score (nSPS) is 21.2. The Kier molecular flexibility index (Phi) is 7.52. The van der Waals surface area contributed by atoms with Gasteiger partial charge in [0.15, 0.2) is 0 Å². The SMILES string of the molecule is CCN1CCN(C(=O)CCC2CCN([C@H](C)Cn3nc(C)cc3C)CC2)CC1. The van der Waals surface area contributed by atoms with E-state index in [4.69, 9.17) is 0 Å². The van der Waals surface area contributed by atoms with E-state index in [0.717, 1.165) is 70.9 Å². The van der Waals surface area contributed by atoms with Crippen LogP contribution < -0.4 is 0 Å². The summed E-state index contributed by atoms with van der Waals surface area (Å²) < 4.78 is 2.14. The van der Waals surface area contributed by atoms with Crippen LogP contribution in [-0.2, 0) is 11.3 Å². The third-order valence-electron chi connectivity index (χ3n) is 6.75. The van der Waals surface area contributed by atoms with Crippen molar-refractivity contribution in [3.05, 3.63) is 17.5 Å². The number of amides is 1. The second-order valence-corrected chi connectivity index (χ2v) is 8.79. The van der Waals surface area contributed by atoms with Crippen LogP contribution in [-0.4, -0.2) is 82.2 Å². The maximum atomic E-state index is 12.5. The molecule has 2 aliphatic heterocycles. The molecular weight excluding hydrogens is 350 g/mol. The molecule has 3 rings (SSSR count). The van der Waals surface area contributed by atoms with Gasteiger partial charge in [-0.3, -0.25) is 14.4 Å². The van der Waals surface area contributed by atoms with Gasteiger partial charge in [-0.1, -0.05) is 6.92 Å². The van der Waals surface area contributed by atoms with Crippen LogP contribution in [0.15, 0.2) is 6.07 Å². The highest BCUT2D eigenvalue weighted by Gasteiger charge is 2.25. The van der Waals surface area contributed by atoms with Crippen LogP contribution in [0, 0.1) is 19.8 Å². The van der Waals surface area contributed by atoms with E-state index in [-0.39, 0.29) is 0 Å². The summed E-state index contributed by atoms with van der Waals surface area (Å²) >= 11 is 0. The Morgan fingerprint density at radius 2 is 1.82 bits per heavy atom. The van der Waals surface area contributed by atoms with Crippen molar-refractivity contribution in [2.45, 2.75) is 66.0 Å². The minimum absolute atomic E-state index is 0.371. The summed E-state index contributed by atoms with van der Waals surface area (Å²) in [4.78, 5) is 19.6. The lowest BCUT2D eigenvalue weighted by molar-refractivity contribution is -0.133. The average molecular weight is 390 g/mol. The van der Waals surface area contributed by atoms with Gasteiger partial charge in [0.1, 0.15) is 0 Å². The van der Waals surface area contributed by atoms with Crippen LogP contribution in [0.3, 0.4) is 0 Å². The molecule has 28 heavy (non-hydrogen) atoms. The third kappa shape index (κ3) is 5.57. The van der Waals surface area contributed by atoms with E-state index in [0.29, 0.717) is 17.9 Å². The summed E-state index contributed by atoms with van der Waals surface area (Å²) in [6.07, 6.45) is 4.24. The Morgan fingerprint density at radius 1 is 1.14 bits per heavy atom. The summed E-state index contributed by atoms with van der Waals surface area (Å²) in [6.45, 7) is 17.0. The highest BCUT2D eigenvalue weighted by atomic mass is 16.2. The van der Waals surface area contributed by atoms with Crippen LogP contribution in [0.1, 0.15) is 50.9 Å². The number of hydrogen-bond donors (Lipinski definition) is 0. The Hall–Kier alpha value is -1.40. The Labute approximate surface area is 170 Å². The van der Waals surface area contributed by atoms with E-state index in [1.807, 2.05) is 0 Å². The van der Waals surface area contributed by atoms with Crippen LogP contribution >= 0.6 is 0 Å². The molecular formula is C22H39N5O. The van der Waals surface area contributed by atoms with Crippen molar-refractivity contribution in [3.63, 3.8) is 0 Å². The molecule has 2 saturated heterocycles. The maximum Gasteiger partial charge on any atom is 0.222 e. The van der Waals surface area contributed by atoms with Crippen molar-refractivity contribution in [3.8, 4) is 0 Å². The van der Waals surface area contributed by atoms with Crippen LogP contribution in [0.4, 0.5) is 0 Å². The van der Waals surface area contributed by atoms with Crippen molar-refractivity contribution in [1.29, 1.82) is 0 Å². The number of carbonyl (C=O) groups excluding carboxylic acids is 1. The second kappa shape index (κ2) is 9.88. The fraction of sp³-hybridized carbons (Fsp3) is 0.818. The molecule has 0 bridgehead atoms. The molecule has 6 nitrogen and oxygen atoms in total. The Morgan fingerprint density at radius 3 is 2.39 bits per heavy atom. The zero-order valence-electron chi connectivity index (χ0n) is 18.4. The standard InChI is InChI=1S/C22H39N5O/c1-5-24-12-14-26(15-13-24)22(28)7-6-21-8-10-25(11-9-21)20(4)17-27-19(3)16-18(2)23-27/h16,20-21H,5-15,17H2,1-4H3/t20-/m1/s1. The zero-order chi connectivity index (χ0) is 20.1. The van der Waals surface area contributed by atoms with E-state index in [1.54, 1.807) is 0 Å². The fourth-order valence-electron chi connectivity index (χ4n) is 4.71. The minimum atomic E-state index is 0.371. The fourth-order valence-corrected chi connectivity index (χ4v) is 4.71. The van der Waals surface area contributed by atoms with Gasteiger partial charge in [0.2, 0.25) is 5.91 Å². The third-order valence-corrected chi connectivity index (χ3v) is 6.75. The van der Waals surface area contributed by atoms with Crippen LogP contribution in [0.2, 0.25) is 0 Å². The molecule has 3 heterocycles. The minimum Gasteiger partial charge on any atom is -0.340 e. The van der Waals surface area contributed by atoms with E-state index >= 15 is 0 Å². The molecule has 2 aliphatic rings. The quantitative estimate of drug-likeness (QED) is 0.719. The predicted octanol–water partition coefficient (Wildman–Crippen LogP) is 2.54. The number of aromatic nitrogens is 2. The lowest BCUT2D eigenvalue weighted by Gasteiger charge is -2.37. The number of piperidine rings is 1. The number of carbonyl (C=O) groups is 1.